The molecule has 9 heteroatoms. The summed E-state index contributed by atoms with van der Waals surface area (Å²) in [6.07, 6.45) is 11.2. The number of carboxylic acid groups (broad SMARTS) is 1. The molecule has 0 spiro atoms. The van der Waals surface area contributed by atoms with Crippen LogP contribution in [0.1, 0.15) is 91.6 Å². The van der Waals surface area contributed by atoms with Crippen molar-refractivity contribution in [1.82, 2.24) is 9.88 Å². The molecule has 1 aliphatic carbocycles. The summed E-state index contributed by atoms with van der Waals surface area (Å²) in [4.78, 5) is 19.2. The molecule has 0 radical (unpaired) electrons. The minimum Gasteiger partial charge on any atom is -0.480 e. The highest BCUT2D eigenvalue weighted by Gasteiger charge is 2.36. The van der Waals surface area contributed by atoms with E-state index in [0.717, 1.165) is 63.4 Å². The van der Waals surface area contributed by atoms with Crippen molar-refractivity contribution < 1.29 is 23.8 Å². The number of rotatable bonds is 10. The highest BCUT2D eigenvalue weighted by molar-refractivity contribution is 7.59. The van der Waals surface area contributed by atoms with E-state index in [1.165, 1.54) is 41.9 Å². The van der Waals surface area contributed by atoms with Gasteiger partial charge in [0.25, 0.3) is 0 Å². The molecule has 1 aromatic heterocycles. The molecular formula is C30H43FN2O4S2. The number of carboxylic acids is 1. The van der Waals surface area contributed by atoms with Crippen molar-refractivity contribution in [1.29, 1.82) is 0 Å². The van der Waals surface area contributed by atoms with Gasteiger partial charge in [0, 0.05) is 37.7 Å². The summed E-state index contributed by atoms with van der Waals surface area (Å²) in [6.45, 7) is 2.46. The van der Waals surface area contributed by atoms with Crippen LogP contribution in [0, 0.1) is 5.82 Å². The molecule has 2 aromatic rings. The smallest absolute Gasteiger partial charge is 0.325 e. The van der Waals surface area contributed by atoms with Gasteiger partial charge in [0.2, 0.25) is 0 Å². The molecule has 6 nitrogen and oxygen atoms in total. The van der Waals surface area contributed by atoms with E-state index in [2.05, 4.69) is 12.1 Å². The predicted octanol–water partition coefficient (Wildman–Crippen LogP) is 5.81. The lowest BCUT2D eigenvalue weighted by Gasteiger charge is -2.30. The van der Waals surface area contributed by atoms with Crippen LogP contribution in [0.25, 0.3) is 0 Å². The second-order valence-corrected chi connectivity index (χ2v) is 10.7. The van der Waals surface area contributed by atoms with Crippen LogP contribution in [-0.2, 0) is 33.5 Å². The van der Waals surface area contributed by atoms with Crippen LogP contribution in [0.15, 0.2) is 30.3 Å². The molecule has 1 unspecified atom stereocenters. The van der Waals surface area contributed by atoms with Crippen LogP contribution >= 0.6 is 27.0 Å². The van der Waals surface area contributed by atoms with Crippen LogP contribution in [0.3, 0.4) is 0 Å². The third-order valence-corrected chi connectivity index (χ3v) is 8.06. The Morgan fingerprint density at radius 3 is 2.74 bits per heavy atom. The van der Waals surface area contributed by atoms with Crippen molar-refractivity contribution in [3.8, 4) is 0 Å². The van der Waals surface area contributed by atoms with Crippen LogP contribution in [0.5, 0.6) is 0 Å². The fraction of sp³-hybridized carbons (Fsp3) is 0.600. The molecule has 2 saturated heterocycles. The number of benzene rings is 1. The van der Waals surface area contributed by atoms with Gasteiger partial charge in [0.1, 0.15) is 11.9 Å². The van der Waals surface area contributed by atoms with Gasteiger partial charge in [-0.25, -0.2) is 4.39 Å². The molecule has 39 heavy (non-hydrogen) atoms. The molecule has 2 fully saturated rings. The van der Waals surface area contributed by atoms with Gasteiger partial charge in [-0.15, -0.1) is 0 Å². The highest BCUT2D eigenvalue weighted by Crippen LogP contribution is 2.36. The van der Waals surface area contributed by atoms with Crippen molar-refractivity contribution in [2.75, 3.05) is 26.3 Å². The predicted molar refractivity (Wildman–Crippen MR) is 160 cm³/mol. The van der Waals surface area contributed by atoms with Gasteiger partial charge in [-0.05, 0) is 106 Å². The van der Waals surface area contributed by atoms with Crippen LogP contribution < -0.4 is 0 Å². The number of aromatic nitrogens is 1. The zero-order chi connectivity index (χ0) is 25.6. The van der Waals surface area contributed by atoms with Crippen molar-refractivity contribution in [2.24, 2.45) is 0 Å². The van der Waals surface area contributed by atoms with Gasteiger partial charge in [0.05, 0.1) is 12.2 Å². The highest BCUT2D eigenvalue weighted by atomic mass is 32.1. The van der Waals surface area contributed by atoms with E-state index in [0.29, 0.717) is 31.9 Å². The van der Waals surface area contributed by atoms with Gasteiger partial charge < -0.3 is 14.6 Å². The number of unbranched alkanes of at least 4 members (excludes halogenated alkanes) is 1. The number of hydrogen-bond donors (Lipinski definition) is 1. The number of pyridine rings is 1. The molecule has 1 aromatic carbocycles. The lowest BCUT2D eigenvalue weighted by molar-refractivity contribution is -0.143. The van der Waals surface area contributed by atoms with E-state index in [4.69, 9.17) is 14.5 Å². The first-order valence-corrected chi connectivity index (χ1v) is 14.1. The summed E-state index contributed by atoms with van der Waals surface area (Å²) in [6, 6.07) is 8.02. The lowest BCUT2D eigenvalue weighted by atomic mass is 9.92. The Balaban J connectivity index is 0.00000210. The van der Waals surface area contributed by atoms with E-state index in [1.54, 1.807) is 6.07 Å². The van der Waals surface area contributed by atoms with E-state index < -0.39 is 17.8 Å². The summed E-state index contributed by atoms with van der Waals surface area (Å²) in [5.41, 5.74) is 5.19. The molecule has 0 saturated carbocycles. The molecule has 1 N–H and O–H groups in total. The number of aliphatic carboxylic acids is 1. The molecule has 216 valence electrons. The maximum absolute atomic E-state index is 14.3. The Hall–Kier alpha value is -1.65. The van der Waals surface area contributed by atoms with E-state index >= 15 is 0 Å². The van der Waals surface area contributed by atoms with Crippen LogP contribution in [0.2, 0.25) is 0 Å². The molecular weight excluding hydrogens is 535 g/mol. The largest absolute Gasteiger partial charge is 0.480 e. The van der Waals surface area contributed by atoms with Gasteiger partial charge in [-0.2, -0.15) is 27.0 Å². The average molecular weight is 579 g/mol. The minimum absolute atomic E-state index is 0. The average Bonchev–Trinajstić information content (AvgIpc) is 3.37. The number of ether oxygens (including phenoxy) is 2. The summed E-state index contributed by atoms with van der Waals surface area (Å²) >= 11 is 0. The zero-order valence-electron chi connectivity index (χ0n) is 22.7. The summed E-state index contributed by atoms with van der Waals surface area (Å²) < 4.78 is 26.3. The first-order chi connectivity index (χ1) is 18.1. The monoisotopic (exact) mass is 578 g/mol. The molecule has 3 atom stereocenters. The number of nitrogens with zero attached hydrogens (tertiary/aromatic N) is 2. The molecule has 5 rings (SSSR count). The molecule has 2 aliphatic heterocycles. The van der Waals surface area contributed by atoms with Gasteiger partial charge in [0.15, 0.2) is 0 Å². The van der Waals surface area contributed by atoms with Crippen molar-refractivity contribution in [2.45, 2.75) is 88.9 Å². The van der Waals surface area contributed by atoms with Crippen LogP contribution in [-0.4, -0.2) is 53.4 Å². The van der Waals surface area contributed by atoms with E-state index in [-0.39, 0.29) is 39.2 Å². The Kier molecular flexibility index (Phi) is 12.6. The third-order valence-electron chi connectivity index (χ3n) is 8.06. The number of aryl methyl sites for hydroxylation is 3. The maximum Gasteiger partial charge on any atom is 0.325 e. The summed E-state index contributed by atoms with van der Waals surface area (Å²) in [5, 5.41) is 10.2. The Labute approximate surface area is 245 Å². The maximum atomic E-state index is 14.3. The van der Waals surface area contributed by atoms with Crippen LogP contribution in [0.4, 0.5) is 4.39 Å². The number of hydrogen-bond acceptors (Lipinski definition) is 5. The zero-order valence-corrected chi connectivity index (χ0v) is 24.7. The Bertz CT molecular complexity index is 1080. The van der Waals surface area contributed by atoms with Crippen molar-refractivity contribution in [3.63, 3.8) is 0 Å². The Morgan fingerprint density at radius 1 is 1.10 bits per heavy atom. The van der Waals surface area contributed by atoms with E-state index in [9.17, 15) is 14.3 Å². The summed E-state index contributed by atoms with van der Waals surface area (Å²) in [7, 11) is 0. The first kappa shape index (κ1) is 31.9. The standard InChI is InChI=1S/C30H39FN2O4.2H2S/c31-22-12-14-25(28-10-4-6-18-37-28)26(19-22)29(30(34)35)33-16-15-24(20-33)36-17-5-3-8-23-13-11-21-7-1-2-9-27(21)32-23;;/h11-14,19,24,28-29H,1-10,15-18,20H2,(H,34,35);2*1H2/t24-,28-,29?;;/m0../s1. The Morgan fingerprint density at radius 2 is 1.95 bits per heavy atom. The molecule has 0 amide bonds. The number of carbonyl (C=O) groups is 1. The SMILES string of the molecule is O=C(O)C(c1cc(F)ccc1[C@@H]1CCCCO1)N1CC[C@H](OCCCCc2ccc3c(n2)CCCC3)C1.S.S. The fourth-order valence-electron chi connectivity index (χ4n) is 6.10. The second kappa shape index (κ2) is 15.4. The fourth-order valence-corrected chi connectivity index (χ4v) is 6.10. The molecule has 3 heterocycles. The lowest BCUT2D eigenvalue weighted by Crippen LogP contribution is -2.34. The second-order valence-electron chi connectivity index (χ2n) is 10.7. The van der Waals surface area contributed by atoms with Gasteiger partial charge in [-0.1, -0.05) is 12.1 Å². The third kappa shape index (κ3) is 8.19. The number of likely N-dealkylation sites (tertiary alicyclic amines) is 1. The number of halogens is 1. The topological polar surface area (TPSA) is 71.9 Å². The van der Waals surface area contributed by atoms with Gasteiger partial charge >= 0.3 is 5.97 Å². The molecule has 0 bridgehead atoms. The normalized spacial score (nSPS) is 21.9. The first-order valence-electron chi connectivity index (χ1n) is 14.1. The summed E-state index contributed by atoms with van der Waals surface area (Å²) in [5.74, 6) is -1.37. The quantitative estimate of drug-likeness (QED) is 0.359. The van der Waals surface area contributed by atoms with Gasteiger partial charge in [-0.3, -0.25) is 14.7 Å². The van der Waals surface area contributed by atoms with Crippen molar-refractivity contribution in [3.05, 3.63) is 64.2 Å². The number of fused-ring (bicyclic) bond motifs is 1. The van der Waals surface area contributed by atoms with E-state index in [1.807, 2.05) is 4.90 Å². The molecule has 3 aliphatic rings. The van der Waals surface area contributed by atoms with Crippen molar-refractivity contribution >= 4 is 33.0 Å². The minimum atomic E-state index is -0.958.